The van der Waals surface area contributed by atoms with Crippen LogP contribution in [0.2, 0.25) is 0 Å². The molecule has 0 saturated carbocycles. The molecule has 3 heteroatoms. The molecule has 0 saturated heterocycles. The first kappa shape index (κ1) is 12.8. The van der Waals surface area contributed by atoms with E-state index in [0.29, 0.717) is 6.42 Å². The van der Waals surface area contributed by atoms with E-state index in [1.165, 1.54) is 5.56 Å². The van der Waals surface area contributed by atoms with Crippen LogP contribution in [0, 0.1) is 13.8 Å². The minimum atomic E-state index is -0.758. The molecule has 0 aliphatic heterocycles. The lowest BCUT2D eigenvalue weighted by atomic mass is 9.93. The summed E-state index contributed by atoms with van der Waals surface area (Å²) in [6.45, 7) is 4.03. The van der Waals surface area contributed by atoms with Crippen LogP contribution >= 0.6 is 11.3 Å². The topological polar surface area (TPSA) is 37.3 Å². The van der Waals surface area contributed by atoms with Crippen LogP contribution in [0.5, 0.6) is 0 Å². The van der Waals surface area contributed by atoms with Crippen LogP contribution in [0.4, 0.5) is 0 Å². The second-order valence-corrected chi connectivity index (χ2v) is 5.53. The maximum Gasteiger partial charge on any atom is 0.311 e. The van der Waals surface area contributed by atoms with Crippen LogP contribution in [0.3, 0.4) is 0 Å². The van der Waals surface area contributed by atoms with Crippen molar-refractivity contribution < 1.29 is 9.90 Å². The molecule has 2 nitrogen and oxygen atoms in total. The molecule has 1 unspecified atom stereocenters. The predicted molar refractivity (Wildman–Crippen MR) is 74.3 cm³/mol. The molecule has 2 aromatic rings. The lowest BCUT2D eigenvalue weighted by molar-refractivity contribution is -0.138. The quantitative estimate of drug-likeness (QED) is 0.908. The molecular weight excluding hydrogens is 244 g/mol. The van der Waals surface area contributed by atoms with Gasteiger partial charge in [0.25, 0.3) is 0 Å². The van der Waals surface area contributed by atoms with Gasteiger partial charge < -0.3 is 5.11 Å². The molecule has 1 N–H and O–H groups in total. The summed E-state index contributed by atoms with van der Waals surface area (Å²) >= 11 is 1.63. The predicted octanol–water partition coefficient (Wildman–Crippen LogP) is 3.78. The molecule has 0 fully saturated rings. The standard InChI is InChI=1S/C15H16O2S/c1-10-3-5-12(6-4-10)13(15(16)17)9-14-11(2)7-8-18-14/h3-8,13H,9H2,1-2H3,(H,16,17). The molecule has 0 aliphatic carbocycles. The molecule has 2 rings (SSSR count). The molecule has 18 heavy (non-hydrogen) atoms. The number of rotatable bonds is 4. The van der Waals surface area contributed by atoms with Gasteiger partial charge >= 0.3 is 5.97 Å². The van der Waals surface area contributed by atoms with Gasteiger partial charge in [0.05, 0.1) is 5.92 Å². The molecule has 0 spiro atoms. The molecular formula is C15H16O2S. The van der Waals surface area contributed by atoms with Gasteiger partial charge in [0.1, 0.15) is 0 Å². The molecule has 1 aromatic carbocycles. The summed E-state index contributed by atoms with van der Waals surface area (Å²) in [6, 6.07) is 9.79. The van der Waals surface area contributed by atoms with E-state index in [9.17, 15) is 9.90 Å². The zero-order valence-corrected chi connectivity index (χ0v) is 11.3. The Kier molecular flexibility index (Phi) is 3.82. The Hall–Kier alpha value is -1.61. The minimum absolute atomic E-state index is 0.456. The molecule has 0 radical (unpaired) electrons. The monoisotopic (exact) mass is 260 g/mol. The van der Waals surface area contributed by atoms with Crippen LogP contribution in [0.25, 0.3) is 0 Å². The third kappa shape index (κ3) is 2.79. The van der Waals surface area contributed by atoms with Gasteiger partial charge in [0.2, 0.25) is 0 Å². The lowest BCUT2D eigenvalue weighted by Gasteiger charge is -2.12. The van der Waals surface area contributed by atoms with Crippen LogP contribution < -0.4 is 0 Å². The SMILES string of the molecule is Cc1ccc(C(Cc2sccc2C)C(=O)O)cc1. The summed E-state index contributed by atoms with van der Waals surface area (Å²) in [4.78, 5) is 12.6. The summed E-state index contributed by atoms with van der Waals surface area (Å²) in [7, 11) is 0. The summed E-state index contributed by atoms with van der Waals surface area (Å²) in [5.41, 5.74) is 3.20. The number of aryl methyl sites for hydroxylation is 2. The molecule has 1 atom stereocenters. The van der Waals surface area contributed by atoms with Crippen LogP contribution in [0.1, 0.15) is 27.5 Å². The van der Waals surface area contributed by atoms with Gasteiger partial charge in [0.15, 0.2) is 0 Å². The highest BCUT2D eigenvalue weighted by Crippen LogP contribution is 2.26. The fourth-order valence-corrected chi connectivity index (χ4v) is 2.90. The first-order valence-electron chi connectivity index (χ1n) is 5.90. The second kappa shape index (κ2) is 5.36. The largest absolute Gasteiger partial charge is 0.481 e. The molecule has 94 valence electrons. The fourth-order valence-electron chi connectivity index (χ4n) is 1.95. The van der Waals surface area contributed by atoms with E-state index >= 15 is 0 Å². The number of benzene rings is 1. The Bertz CT molecular complexity index is 540. The zero-order chi connectivity index (χ0) is 13.1. The van der Waals surface area contributed by atoms with E-state index in [1.54, 1.807) is 11.3 Å². The van der Waals surface area contributed by atoms with E-state index in [1.807, 2.05) is 49.6 Å². The number of aliphatic carboxylic acids is 1. The third-order valence-electron chi connectivity index (χ3n) is 3.14. The van der Waals surface area contributed by atoms with E-state index in [0.717, 1.165) is 16.0 Å². The van der Waals surface area contributed by atoms with Gasteiger partial charge in [-0.1, -0.05) is 29.8 Å². The highest BCUT2D eigenvalue weighted by molar-refractivity contribution is 7.10. The zero-order valence-electron chi connectivity index (χ0n) is 10.5. The van der Waals surface area contributed by atoms with Crippen molar-refractivity contribution in [2.24, 2.45) is 0 Å². The second-order valence-electron chi connectivity index (χ2n) is 4.53. The number of hydrogen-bond acceptors (Lipinski definition) is 2. The maximum absolute atomic E-state index is 11.4. The van der Waals surface area contributed by atoms with E-state index in [-0.39, 0.29) is 0 Å². The Morgan fingerprint density at radius 3 is 2.39 bits per heavy atom. The van der Waals surface area contributed by atoms with Crippen LogP contribution in [-0.4, -0.2) is 11.1 Å². The van der Waals surface area contributed by atoms with Crippen molar-refractivity contribution in [2.45, 2.75) is 26.2 Å². The Balaban J connectivity index is 2.27. The van der Waals surface area contributed by atoms with Crippen molar-refractivity contribution in [3.8, 4) is 0 Å². The van der Waals surface area contributed by atoms with Crippen molar-refractivity contribution in [1.29, 1.82) is 0 Å². The molecule has 0 aliphatic rings. The van der Waals surface area contributed by atoms with Crippen LogP contribution in [-0.2, 0) is 11.2 Å². The minimum Gasteiger partial charge on any atom is -0.481 e. The Labute approximate surface area is 111 Å². The summed E-state index contributed by atoms with van der Waals surface area (Å²) in [5, 5.41) is 11.4. The van der Waals surface area contributed by atoms with Gasteiger partial charge in [-0.2, -0.15) is 0 Å². The first-order valence-corrected chi connectivity index (χ1v) is 6.78. The normalized spacial score (nSPS) is 12.3. The third-order valence-corrected chi connectivity index (χ3v) is 4.18. The number of carbonyl (C=O) groups is 1. The summed E-state index contributed by atoms with van der Waals surface area (Å²) in [6.07, 6.45) is 0.571. The van der Waals surface area contributed by atoms with Crippen molar-refractivity contribution in [2.75, 3.05) is 0 Å². The Morgan fingerprint density at radius 2 is 1.89 bits per heavy atom. The Morgan fingerprint density at radius 1 is 1.22 bits per heavy atom. The number of thiophene rings is 1. The molecule has 1 heterocycles. The average molecular weight is 260 g/mol. The van der Waals surface area contributed by atoms with Gasteiger partial charge in [-0.3, -0.25) is 4.79 Å². The number of carboxylic acids is 1. The van der Waals surface area contributed by atoms with Crippen molar-refractivity contribution >= 4 is 17.3 Å². The van der Waals surface area contributed by atoms with Gasteiger partial charge in [-0.15, -0.1) is 11.3 Å². The van der Waals surface area contributed by atoms with Crippen LogP contribution in [0.15, 0.2) is 35.7 Å². The number of hydrogen-bond donors (Lipinski definition) is 1. The van der Waals surface area contributed by atoms with Crippen molar-refractivity contribution in [3.05, 3.63) is 57.3 Å². The van der Waals surface area contributed by atoms with E-state index < -0.39 is 11.9 Å². The fraction of sp³-hybridized carbons (Fsp3) is 0.267. The molecule has 0 bridgehead atoms. The summed E-state index contributed by atoms with van der Waals surface area (Å²) in [5.74, 6) is -1.21. The molecule has 0 amide bonds. The van der Waals surface area contributed by atoms with E-state index in [4.69, 9.17) is 0 Å². The highest BCUT2D eigenvalue weighted by Gasteiger charge is 2.21. The first-order chi connectivity index (χ1) is 8.58. The number of carboxylic acid groups (broad SMARTS) is 1. The van der Waals surface area contributed by atoms with Crippen molar-refractivity contribution in [1.82, 2.24) is 0 Å². The highest BCUT2D eigenvalue weighted by atomic mass is 32.1. The van der Waals surface area contributed by atoms with Gasteiger partial charge in [-0.25, -0.2) is 0 Å². The lowest BCUT2D eigenvalue weighted by Crippen LogP contribution is -2.14. The van der Waals surface area contributed by atoms with Gasteiger partial charge in [-0.05, 0) is 42.8 Å². The van der Waals surface area contributed by atoms with Gasteiger partial charge in [0, 0.05) is 4.88 Å². The smallest absolute Gasteiger partial charge is 0.311 e. The summed E-state index contributed by atoms with van der Waals surface area (Å²) < 4.78 is 0. The van der Waals surface area contributed by atoms with E-state index in [2.05, 4.69) is 0 Å². The molecule has 1 aromatic heterocycles. The van der Waals surface area contributed by atoms with Crippen molar-refractivity contribution in [3.63, 3.8) is 0 Å². The maximum atomic E-state index is 11.4. The average Bonchev–Trinajstić information content (AvgIpc) is 2.73.